The van der Waals surface area contributed by atoms with Crippen LogP contribution in [-0.2, 0) is 11.3 Å². The second kappa shape index (κ2) is 7.81. The number of nitrogens with zero attached hydrogens (tertiary/aromatic N) is 2. The lowest BCUT2D eigenvalue weighted by Crippen LogP contribution is -2.24. The van der Waals surface area contributed by atoms with Crippen LogP contribution in [0.1, 0.15) is 11.1 Å². The zero-order valence-electron chi connectivity index (χ0n) is 13.6. The highest BCUT2D eigenvalue weighted by Crippen LogP contribution is 2.25. The number of aromatic amines is 1. The van der Waals surface area contributed by atoms with Crippen molar-refractivity contribution >= 4 is 22.7 Å². The molecule has 0 unspecified atom stereocenters. The Morgan fingerprint density at radius 3 is 2.88 bits per heavy atom. The van der Waals surface area contributed by atoms with E-state index in [1.165, 1.54) is 12.3 Å². The SMILES string of the molecule is O=C(NCC#Cc1cc([N+](=O)[O-])c2cn[nH]c2c1)OCc1ccccc1. The van der Waals surface area contributed by atoms with Gasteiger partial charge in [0.25, 0.3) is 5.69 Å². The molecule has 2 aromatic carbocycles. The number of rotatable bonds is 4. The van der Waals surface area contributed by atoms with Gasteiger partial charge in [-0.15, -0.1) is 0 Å². The standard InChI is InChI=1S/C18H14N4O4/c23-18(26-12-13-5-2-1-3-6-13)19-8-4-7-14-9-16-15(11-20-21-16)17(10-14)22(24)25/h1-3,5-6,9-11H,8,12H2,(H,19,23)(H,20,21). The quantitative estimate of drug-likeness (QED) is 0.427. The number of fused-ring (bicyclic) bond motifs is 1. The molecule has 0 saturated heterocycles. The molecule has 3 rings (SSSR count). The van der Waals surface area contributed by atoms with E-state index >= 15 is 0 Å². The van der Waals surface area contributed by atoms with Gasteiger partial charge in [-0.3, -0.25) is 15.2 Å². The second-order valence-corrected chi connectivity index (χ2v) is 5.30. The Bertz CT molecular complexity index is 1000. The van der Waals surface area contributed by atoms with Crippen LogP contribution in [0.25, 0.3) is 10.9 Å². The van der Waals surface area contributed by atoms with Gasteiger partial charge >= 0.3 is 6.09 Å². The number of H-pyrrole nitrogens is 1. The molecule has 3 aromatic rings. The summed E-state index contributed by atoms with van der Waals surface area (Å²) in [7, 11) is 0. The minimum absolute atomic E-state index is 0.0580. The van der Waals surface area contributed by atoms with Gasteiger partial charge in [0.15, 0.2) is 0 Å². The smallest absolute Gasteiger partial charge is 0.408 e. The number of hydrogen-bond donors (Lipinski definition) is 2. The maximum atomic E-state index is 11.6. The zero-order valence-corrected chi connectivity index (χ0v) is 13.6. The summed E-state index contributed by atoms with van der Waals surface area (Å²) in [5.41, 5.74) is 1.79. The number of benzene rings is 2. The lowest BCUT2D eigenvalue weighted by Gasteiger charge is -2.04. The molecular weight excluding hydrogens is 336 g/mol. The molecule has 0 saturated carbocycles. The highest BCUT2D eigenvalue weighted by atomic mass is 16.6. The molecule has 2 N–H and O–H groups in total. The Hall–Kier alpha value is -3.86. The largest absolute Gasteiger partial charge is 0.445 e. The summed E-state index contributed by atoms with van der Waals surface area (Å²) in [5.74, 6) is 5.51. The highest BCUT2D eigenvalue weighted by Gasteiger charge is 2.14. The fourth-order valence-corrected chi connectivity index (χ4v) is 2.29. The van der Waals surface area contributed by atoms with E-state index in [1.807, 2.05) is 30.3 Å². The van der Waals surface area contributed by atoms with E-state index in [2.05, 4.69) is 27.4 Å². The molecule has 0 radical (unpaired) electrons. The Morgan fingerprint density at radius 1 is 1.31 bits per heavy atom. The van der Waals surface area contributed by atoms with Crippen LogP contribution in [-0.4, -0.2) is 27.8 Å². The predicted molar refractivity (Wildman–Crippen MR) is 94.3 cm³/mol. The number of alkyl carbamates (subject to hydrolysis) is 1. The third-order valence-electron chi connectivity index (χ3n) is 3.50. The van der Waals surface area contributed by atoms with Crippen LogP contribution in [0.5, 0.6) is 0 Å². The molecule has 26 heavy (non-hydrogen) atoms. The van der Waals surface area contributed by atoms with E-state index in [0.29, 0.717) is 16.5 Å². The number of nitrogens with one attached hydrogen (secondary N) is 2. The van der Waals surface area contributed by atoms with Crippen molar-refractivity contribution in [2.75, 3.05) is 6.54 Å². The van der Waals surface area contributed by atoms with E-state index in [1.54, 1.807) is 6.07 Å². The van der Waals surface area contributed by atoms with E-state index in [4.69, 9.17) is 4.74 Å². The average Bonchev–Trinajstić information content (AvgIpc) is 3.12. The minimum Gasteiger partial charge on any atom is -0.445 e. The molecule has 0 spiro atoms. The van der Waals surface area contributed by atoms with Crippen molar-refractivity contribution in [2.24, 2.45) is 0 Å². The molecule has 8 heteroatoms. The summed E-state index contributed by atoms with van der Waals surface area (Å²) in [5, 5.41) is 20.5. The molecule has 0 atom stereocenters. The summed E-state index contributed by atoms with van der Waals surface area (Å²) >= 11 is 0. The number of aromatic nitrogens is 2. The summed E-state index contributed by atoms with van der Waals surface area (Å²) in [4.78, 5) is 22.2. The highest BCUT2D eigenvalue weighted by molar-refractivity contribution is 5.88. The number of ether oxygens (including phenoxy) is 1. The number of non-ortho nitro benzene ring substituents is 1. The second-order valence-electron chi connectivity index (χ2n) is 5.30. The first-order valence-corrected chi connectivity index (χ1v) is 7.68. The number of nitro groups is 1. The lowest BCUT2D eigenvalue weighted by atomic mass is 10.1. The molecule has 0 bridgehead atoms. The first-order valence-electron chi connectivity index (χ1n) is 7.68. The number of amides is 1. The molecule has 8 nitrogen and oxygen atoms in total. The summed E-state index contributed by atoms with van der Waals surface area (Å²) < 4.78 is 5.06. The van der Waals surface area contributed by atoms with Gasteiger partial charge in [-0.25, -0.2) is 4.79 Å². The third kappa shape index (κ3) is 4.15. The third-order valence-corrected chi connectivity index (χ3v) is 3.50. The maximum absolute atomic E-state index is 11.6. The monoisotopic (exact) mass is 350 g/mol. The van der Waals surface area contributed by atoms with Crippen LogP contribution < -0.4 is 5.32 Å². The zero-order chi connectivity index (χ0) is 18.4. The van der Waals surface area contributed by atoms with E-state index in [-0.39, 0.29) is 18.8 Å². The molecular formula is C18H14N4O4. The number of carbonyl (C=O) groups is 1. The van der Waals surface area contributed by atoms with Crippen LogP contribution in [0.2, 0.25) is 0 Å². The normalized spacial score (nSPS) is 10.0. The Kier molecular flexibility index (Phi) is 5.10. The summed E-state index contributed by atoms with van der Waals surface area (Å²) in [6.07, 6.45) is 0.813. The lowest BCUT2D eigenvalue weighted by molar-refractivity contribution is -0.383. The maximum Gasteiger partial charge on any atom is 0.408 e. The van der Waals surface area contributed by atoms with Gasteiger partial charge in [-0.2, -0.15) is 5.10 Å². The van der Waals surface area contributed by atoms with Crippen LogP contribution in [0.3, 0.4) is 0 Å². The number of hydrogen-bond acceptors (Lipinski definition) is 5. The van der Waals surface area contributed by atoms with E-state index in [0.717, 1.165) is 5.56 Å². The number of carbonyl (C=O) groups excluding carboxylic acids is 1. The van der Waals surface area contributed by atoms with E-state index < -0.39 is 11.0 Å². The first-order chi connectivity index (χ1) is 12.6. The number of nitro benzene ring substituents is 1. The molecule has 1 aromatic heterocycles. The molecule has 0 aliphatic heterocycles. The van der Waals surface area contributed by atoms with Crippen LogP contribution >= 0.6 is 0 Å². The fraction of sp³-hybridized carbons (Fsp3) is 0.111. The van der Waals surface area contributed by atoms with Crippen LogP contribution in [0, 0.1) is 22.0 Å². The fourth-order valence-electron chi connectivity index (χ4n) is 2.29. The van der Waals surface area contributed by atoms with Crippen LogP contribution in [0.15, 0.2) is 48.7 Å². The van der Waals surface area contributed by atoms with Gasteiger partial charge in [0, 0.05) is 11.6 Å². The van der Waals surface area contributed by atoms with Gasteiger partial charge in [0.05, 0.1) is 28.6 Å². The van der Waals surface area contributed by atoms with Crippen molar-refractivity contribution in [3.8, 4) is 11.8 Å². The van der Waals surface area contributed by atoms with Crippen molar-refractivity contribution in [1.82, 2.24) is 15.5 Å². The van der Waals surface area contributed by atoms with Gasteiger partial charge in [-0.05, 0) is 11.6 Å². The average molecular weight is 350 g/mol. The van der Waals surface area contributed by atoms with Crippen molar-refractivity contribution in [3.05, 3.63) is 69.9 Å². The van der Waals surface area contributed by atoms with Crippen molar-refractivity contribution < 1.29 is 14.5 Å². The summed E-state index contributed by atoms with van der Waals surface area (Å²) in [6.45, 7) is 0.227. The van der Waals surface area contributed by atoms with E-state index in [9.17, 15) is 14.9 Å². The van der Waals surface area contributed by atoms with Gasteiger partial charge < -0.3 is 10.1 Å². The van der Waals surface area contributed by atoms with Gasteiger partial charge in [-0.1, -0.05) is 42.2 Å². The minimum atomic E-state index is -0.585. The molecule has 0 aliphatic rings. The Morgan fingerprint density at radius 2 is 2.12 bits per heavy atom. The predicted octanol–water partition coefficient (Wildman–Crippen LogP) is 2.75. The Labute approximate surface area is 148 Å². The molecule has 0 aliphatic carbocycles. The molecule has 130 valence electrons. The van der Waals surface area contributed by atoms with Crippen molar-refractivity contribution in [2.45, 2.75) is 6.61 Å². The van der Waals surface area contributed by atoms with Crippen LogP contribution in [0.4, 0.5) is 10.5 Å². The molecule has 1 amide bonds. The first kappa shape index (κ1) is 17.0. The van der Waals surface area contributed by atoms with Crippen molar-refractivity contribution in [1.29, 1.82) is 0 Å². The molecule has 0 fully saturated rings. The topological polar surface area (TPSA) is 110 Å². The summed E-state index contributed by atoms with van der Waals surface area (Å²) in [6, 6.07) is 12.3. The van der Waals surface area contributed by atoms with Crippen molar-refractivity contribution in [3.63, 3.8) is 0 Å². The Balaban J connectivity index is 1.57. The molecule has 1 heterocycles. The van der Waals surface area contributed by atoms with Gasteiger partial charge in [0.2, 0.25) is 0 Å². The van der Waals surface area contributed by atoms with Gasteiger partial charge in [0.1, 0.15) is 6.61 Å².